The summed E-state index contributed by atoms with van der Waals surface area (Å²) in [4.78, 5) is 8.94. The zero-order chi connectivity index (χ0) is 12.0. The summed E-state index contributed by atoms with van der Waals surface area (Å²) < 4.78 is 23.2. The molecule has 1 aromatic rings. The standard InChI is InChI=1S/C11H15N3O2S/c1-7-9-5-17(15,16)6-10(9)14-11(13-7)8-2-3-12-4-8/h8,12H,2-6H2,1H3. The van der Waals surface area contributed by atoms with Gasteiger partial charge in [-0.05, 0) is 19.9 Å². The van der Waals surface area contributed by atoms with Crippen molar-refractivity contribution < 1.29 is 8.42 Å². The molecule has 0 bridgehead atoms. The largest absolute Gasteiger partial charge is 0.316 e. The van der Waals surface area contributed by atoms with E-state index in [2.05, 4.69) is 15.3 Å². The van der Waals surface area contributed by atoms with Crippen molar-refractivity contribution in [3.8, 4) is 0 Å². The number of sulfone groups is 1. The van der Waals surface area contributed by atoms with E-state index in [9.17, 15) is 8.42 Å². The fraction of sp³-hybridized carbons (Fsp3) is 0.636. The lowest BCUT2D eigenvalue weighted by Crippen LogP contribution is -2.12. The molecule has 2 aliphatic heterocycles. The first kappa shape index (κ1) is 11.1. The van der Waals surface area contributed by atoms with E-state index in [1.807, 2.05) is 6.92 Å². The highest BCUT2D eigenvalue weighted by Crippen LogP contribution is 2.28. The Morgan fingerprint density at radius 3 is 2.82 bits per heavy atom. The molecule has 0 saturated carbocycles. The third-order valence-corrected chi connectivity index (χ3v) is 4.90. The Balaban J connectivity index is 2.03. The summed E-state index contributed by atoms with van der Waals surface area (Å²) in [6, 6.07) is 0. The predicted octanol–water partition coefficient (Wildman–Crippen LogP) is 0.290. The minimum absolute atomic E-state index is 0.0822. The smallest absolute Gasteiger partial charge is 0.160 e. The molecule has 6 heteroatoms. The van der Waals surface area contributed by atoms with Gasteiger partial charge in [-0.25, -0.2) is 18.4 Å². The summed E-state index contributed by atoms with van der Waals surface area (Å²) in [6.07, 6.45) is 1.03. The molecule has 17 heavy (non-hydrogen) atoms. The molecule has 1 saturated heterocycles. The number of fused-ring (bicyclic) bond motifs is 1. The summed E-state index contributed by atoms with van der Waals surface area (Å²) in [6.45, 7) is 3.76. The Labute approximate surface area is 101 Å². The molecule has 0 amide bonds. The van der Waals surface area contributed by atoms with E-state index in [-0.39, 0.29) is 11.5 Å². The topological polar surface area (TPSA) is 72.0 Å². The van der Waals surface area contributed by atoms with Crippen LogP contribution in [0.5, 0.6) is 0 Å². The molecule has 2 aliphatic rings. The second kappa shape index (κ2) is 3.74. The SMILES string of the molecule is Cc1nc(C2CCNC2)nc2c1CS(=O)(=O)C2. The molecule has 0 aromatic carbocycles. The first-order chi connectivity index (χ1) is 8.05. The van der Waals surface area contributed by atoms with Gasteiger partial charge in [0.2, 0.25) is 0 Å². The summed E-state index contributed by atoms with van der Waals surface area (Å²) in [5.74, 6) is 1.33. The van der Waals surface area contributed by atoms with Gasteiger partial charge in [-0.15, -0.1) is 0 Å². The van der Waals surface area contributed by atoms with Crippen LogP contribution in [-0.4, -0.2) is 31.5 Å². The molecular weight excluding hydrogens is 238 g/mol. The van der Waals surface area contributed by atoms with Gasteiger partial charge in [0.25, 0.3) is 0 Å². The van der Waals surface area contributed by atoms with E-state index in [0.29, 0.717) is 5.92 Å². The average molecular weight is 253 g/mol. The van der Waals surface area contributed by atoms with Gasteiger partial charge in [-0.3, -0.25) is 0 Å². The molecule has 0 aliphatic carbocycles. The minimum atomic E-state index is -2.99. The lowest BCUT2D eigenvalue weighted by Gasteiger charge is -2.10. The molecule has 1 N–H and O–H groups in total. The number of aryl methyl sites for hydroxylation is 1. The number of hydrogen-bond donors (Lipinski definition) is 1. The van der Waals surface area contributed by atoms with Crippen LogP contribution >= 0.6 is 0 Å². The van der Waals surface area contributed by atoms with Crippen molar-refractivity contribution >= 4 is 9.84 Å². The Morgan fingerprint density at radius 1 is 1.29 bits per heavy atom. The van der Waals surface area contributed by atoms with Crippen LogP contribution in [0.2, 0.25) is 0 Å². The number of hydrogen-bond acceptors (Lipinski definition) is 5. The summed E-state index contributed by atoms with van der Waals surface area (Å²) >= 11 is 0. The van der Waals surface area contributed by atoms with Crippen molar-refractivity contribution in [2.75, 3.05) is 13.1 Å². The van der Waals surface area contributed by atoms with Gasteiger partial charge in [0, 0.05) is 23.7 Å². The van der Waals surface area contributed by atoms with Crippen LogP contribution in [0.15, 0.2) is 0 Å². The van der Waals surface area contributed by atoms with Crippen molar-refractivity contribution in [1.82, 2.24) is 15.3 Å². The van der Waals surface area contributed by atoms with Gasteiger partial charge in [0.15, 0.2) is 9.84 Å². The first-order valence-corrected chi connectivity index (χ1v) is 7.65. The van der Waals surface area contributed by atoms with E-state index < -0.39 is 9.84 Å². The normalized spacial score (nSPS) is 26.1. The predicted molar refractivity (Wildman–Crippen MR) is 63.3 cm³/mol. The number of aromatic nitrogens is 2. The molecular formula is C11H15N3O2S. The number of rotatable bonds is 1. The Hall–Kier alpha value is -1.01. The molecule has 5 nitrogen and oxygen atoms in total. The second-order valence-corrected chi connectivity index (χ2v) is 6.88. The highest BCUT2D eigenvalue weighted by atomic mass is 32.2. The molecule has 1 aromatic heterocycles. The van der Waals surface area contributed by atoms with Gasteiger partial charge >= 0.3 is 0 Å². The van der Waals surface area contributed by atoms with Crippen LogP contribution in [0.3, 0.4) is 0 Å². The molecule has 3 rings (SSSR count). The van der Waals surface area contributed by atoms with Crippen molar-refractivity contribution in [3.05, 3.63) is 22.8 Å². The van der Waals surface area contributed by atoms with Crippen molar-refractivity contribution in [2.24, 2.45) is 0 Å². The molecule has 92 valence electrons. The van der Waals surface area contributed by atoms with Gasteiger partial charge in [0.05, 0.1) is 17.2 Å². The monoisotopic (exact) mass is 253 g/mol. The fourth-order valence-corrected chi connectivity index (χ4v) is 4.10. The van der Waals surface area contributed by atoms with Crippen LogP contribution in [0.25, 0.3) is 0 Å². The third kappa shape index (κ3) is 1.95. The zero-order valence-electron chi connectivity index (χ0n) is 9.73. The summed E-state index contributed by atoms with van der Waals surface area (Å²) in [5, 5.41) is 3.28. The van der Waals surface area contributed by atoms with Crippen LogP contribution in [0, 0.1) is 6.92 Å². The molecule has 1 atom stereocenters. The third-order valence-electron chi connectivity index (χ3n) is 3.46. The van der Waals surface area contributed by atoms with E-state index in [4.69, 9.17) is 0 Å². The molecule has 1 unspecified atom stereocenters. The van der Waals surface area contributed by atoms with Gasteiger partial charge in [-0.2, -0.15) is 0 Å². The molecule has 0 radical (unpaired) electrons. The zero-order valence-corrected chi connectivity index (χ0v) is 10.5. The van der Waals surface area contributed by atoms with Crippen LogP contribution in [-0.2, 0) is 21.3 Å². The molecule has 0 spiro atoms. The maximum atomic E-state index is 11.6. The van der Waals surface area contributed by atoms with Crippen LogP contribution in [0.1, 0.15) is 35.1 Å². The van der Waals surface area contributed by atoms with Gasteiger partial charge < -0.3 is 5.32 Å². The summed E-state index contributed by atoms with van der Waals surface area (Å²) in [5.41, 5.74) is 2.37. The lowest BCUT2D eigenvalue weighted by atomic mass is 10.1. The fourth-order valence-electron chi connectivity index (χ4n) is 2.52. The Morgan fingerprint density at radius 2 is 2.12 bits per heavy atom. The van der Waals surface area contributed by atoms with E-state index in [0.717, 1.165) is 42.3 Å². The average Bonchev–Trinajstić information content (AvgIpc) is 2.83. The maximum Gasteiger partial charge on any atom is 0.160 e. The van der Waals surface area contributed by atoms with Crippen LogP contribution < -0.4 is 5.32 Å². The van der Waals surface area contributed by atoms with E-state index >= 15 is 0 Å². The van der Waals surface area contributed by atoms with Crippen LogP contribution in [0.4, 0.5) is 0 Å². The highest BCUT2D eigenvalue weighted by Gasteiger charge is 2.30. The molecule has 1 fully saturated rings. The van der Waals surface area contributed by atoms with Crippen molar-refractivity contribution in [1.29, 1.82) is 0 Å². The minimum Gasteiger partial charge on any atom is -0.316 e. The van der Waals surface area contributed by atoms with Crippen molar-refractivity contribution in [2.45, 2.75) is 30.8 Å². The highest BCUT2D eigenvalue weighted by molar-refractivity contribution is 7.90. The number of nitrogens with zero attached hydrogens (tertiary/aromatic N) is 2. The second-order valence-electron chi connectivity index (χ2n) is 4.81. The Kier molecular flexibility index (Phi) is 2.45. The van der Waals surface area contributed by atoms with E-state index in [1.54, 1.807) is 0 Å². The molecule has 3 heterocycles. The lowest BCUT2D eigenvalue weighted by molar-refractivity contribution is 0.597. The first-order valence-electron chi connectivity index (χ1n) is 5.82. The number of nitrogens with one attached hydrogen (secondary N) is 1. The van der Waals surface area contributed by atoms with Gasteiger partial charge in [-0.1, -0.05) is 0 Å². The van der Waals surface area contributed by atoms with E-state index in [1.165, 1.54) is 0 Å². The van der Waals surface area contributed by atoms with Crippen molar-refractivity contribution in [3.63, 3.8) is 0 Å². The van der Waals surface area contributed by atoms with Gasteiger partial charge in [0.1, 0.15) is 5.82 Å². The quantitative estimate of drug-likeness (QED) is 0.779. The maximum absolute atomic E-state index is 11.6. The summed E-state index contributed by atoms with van der Waals surface area (Å²) in [7, 11) is -2.99. The Bertz CT molecular complexity index is 562.